The lowest BCUT2D eigenvalue weighted by Gasteiger charge is -2.27. The Balaban J connectivity index is 1.63. The summed E-state index contributed by atoms with van der Waals surface area (Å²) in [5.41, 5.74) is 0.994. The van der Waals surface area contributed by atoms with Crippen LogP contribution < -0.4 is 10.2 Å². The van der Waals surface area contributed by atoms with Gasteiger partial charge in [-0.2, -0.15) is 0 Å². The molecule has 5 heteroatoms. The van der Waals surface area contributed by atoms with Gasteiger partial charge in [-0.1, -0.05) is 0 Å². The first-order valence-corrected chi connectivity index (χ1v) is 7.34. The van der Waals surface area contributed by atoms with Gasteiger partial charge in [-0.25, -0.2) is 4.98 Å². The van der Waals surface area contributed by atoms with Gasteiger partial charge in [0.25, 0.3) is 0 Å². The fourth-order valence-electron chi connectivity index (χ4n) is 2.46. The molecule has 0 aromatic carbocycles. The van der Waals surface area contributed by atoms with Crippen LogP contribution in [0, 0.1) is 6.92 Å². The van der Waals surface area contributed by atoms with Crippen molar-refractivity contribution in [1.82, 2.24) is 4.98 Å². The highest BCUT2D eigenvalue weighted by Crippen LogP contribution is 2.22. The number of nitrogens with one attached hydrogen (secondary N) is 1. The first-order chi connectivity index (χ1) is 10.2. The van der Waals surface area contributed by atoms with Gasteiger partial charge >= 0.3 is 0 Å². The summed E-state index contributed by atoms with van der Waals surface area (Å²) in [5, 5.41) is 3.40. The standard InChI is InChI=1S/C16H21N3O2/c1-12-3-5-15(21-12)13(2)18-14-4-6-16(17-11-14)19-7-9-20-10-8-19/h3-6,11,13,18H,7-10H2,1-2H3. The molecule has 21 heavy (non-hydrogen) atoms. The molecule has 5 nitrogen and oxygen atoms in total. The summed E-state index contributed by atoms with van der Waals surface area (Å²) < 4.78 is 11.0. The minimum Gasteiger partial charge on any atom is -0.464 e. The SMILES string of the molecule is Cc1ccc(C(C)Nc2ccc(N3CCOCC3)nc2)o1. The van der Waals surface area contributed by atoms with Gasteiger partial charge in [0.05, 0.1) is 31.1 Å². The number of morpholine rings is 1. The van der Waals surface area contributed by atoms with Crippen molar-refractivity contribution in [2.24, 2.45) is 0 Å². The van der Waals surface area contributed by atoms with Crippen molar-refractivity contribution in [3.63, 3.8) is 0 Å². The number of hydrogen-bond acceptors (Lipinski definition) is 5. The Kier molecular flexibility index (Phi) is 4.10. The first kappa shape index (κ1) is 13.9. The van der Waals surface area contributed by atoms with E-state index < -0.39 is 0 Å². The van der Waals surface area contributed by atoms with Crippen LogP contribution in [0.4, 0.5) is 11.5 Å². The fourth-order valence-corrected chi connectivity index (χ4v) is 2.46. The zero-order valence-corrected chi connectivity index (χ0v) is 12.5. The highest BCUT2D eigenvalue weighted by Gasteiger charge is 2.13. The predicted molar refractivity (Wildman–Crippen MR) is 82.8 cm³/mol. The number of aromatic nitrogens is 1. The van der Waals surface area contributed by atoms with E-state index in [-0.39, 0.29) is 6.04 Å². The van der Waals surface area contributed by atoms with Crippen LogP contribution in [0.15, 0.2) is 34.9 Å². The highest BCUT2D eigenvalue weighted by molar-refractivity contribution is 5.49. The summed E-state index contributed by atoms with van der Waals surface area (Å²) in [5.74, 6) is 2.87. The Hall–Kier alpha value is -2.01. The minimum atomic E-state index is 0.120. The number of ether oxygens (including phenoxy) is 1. The van der Waals surface area contributed by atoms with Gasteiger partial charge in [0.15, 0.2) is 0 Å². The molecule has 1 atom stereocenters. The molecule has 0 amide bonds. The fraction of sp³-hybridized carbons (Fsp3) is 0.438. The van der Waals surface area contributed by atoms with Crippen LogP contribution in [0.5, 0.6) is 0 Å². The Morgan fingerprint density at radius 1 is 1.19 bits per heavy atom. The number of pyridine rings is 1. The average molecular weight is 287 g/mol. The van der Waals surface area contributed by atoms with Crippen molar-refractivity contribution in [2.75, 3.05) is 36.5 Å². The van der Waals surface area contributed by atoms with Crippen LogP contribution in [0.1, 0.15) is 24.5 Å². The molecule has 1 saturated heterocycles. The van der Waals surface area contributed by atoms with E-state index in [2.05, 4.69) is 28.2 Å². The van der Waals surface area contributed by atoms with Gasteiger partial charge < -0.3 is 19.4 Å². The molecule has 3 rings (SSSR count). The molecule has 1 aliphatic rings. The zero-order chi connectivity index (χ0) is 14.7. The lowest BCUT2D eigenvalue weighted by molar-refractivity contribution is 0.122. The summed E-state index contributed by atoms with van der Waals surface area (Å²) in [4.78, 5) is 6.77. The average Bonchev–Trinajstić information content (AvgIpc) is 2.96. The smallest absolute Gasteiger partial charge is 0.128 e. The van der Waals surface area contributed by atoms with Crippen LogP contribution in [-0.2, 0) is 4.74 Å². The summed E-state index contributed by atoms with van der Waals surface area (Å²) in [6.45, 7) is 7.39. The molecule has 2 aromatic heterocycles. The van der Waals surface area contributed by atoms with E-state index in [1.54, 1.807) is 0 Å². The van der Waals surface area contributed by atoms with E-state index in [4.69, 9.17) is 9.15 Å². The quantitative estimate of drug-likeness (QED) is 0.937. The van der Waals surface area contributed by atoms with Gasteiger partial charge in [0, 0.05) is 13.1 Å². The molecular weight excluding hydrogens is 266 g/mol. The van der Waals surface area contributed by atoms with E-state index >= 15 is 0 Å². The number of anilines is 2. The topological polar surface area (TPSA) is 50.5 Å². The third-order valence-electron chi connectivity index (χ3n) is 3.65. The summed E-state index contributed by atoms with van der Waals surface area (Å²) >= 11 is 0. The van der Waals surface area contributed by atoms with Crippen LogP contribution in [0.3, 0.4) is 0 Å². The molecule has 1 N–H and O–H groups in total. The van der Waals surface area contributed by atoms with Crippen molar-refractivity contribution in [3.8, 4) is 0 Å². The van der Waals surface area contributed by atoms with Gasteiger partial charge in [0.1, 0.15) is 17.3 Å². The molecule has 112 valence electrons. The number of hydrogen-bond donors (Lipinski definition) is 1. The Morgan fingerprint density at radius 3 is 2.62 bits per heavy atom. The van der Waals surface area contributed by atoms with Crippen molar-refractivity contribution in [2.45, 2.75) is 19.9 Å². The Labute approximate surface area is 124 Å². The molecule has 1 fully saturated rings. The van der Waals surface area contributed by atoms with Crippen LogP contribution in [0.2, 0.25) is 0 Å². The molecule has 0 spiro atoms. The summed E-state index contributed by atoms with van der Waals surface area (Å²) in [6.07, 6.45) is 1.87. The molecule has 2 aromatic rings. The van der Waals surface area contributed by atoms with Crippen molar-refractivity contribution in [3.05, 3.63) is 42.0 Å². The molecule has 0 aliphatic carbocycles. The lowest BCUT2D eigenvalue weighted by Crippen LogP contribution is -2.36. The van der Waals surface area contributed by atoms with Crippen LogP contribution in [-0.4, -0.2) is 31.3 Å². The molecule has 1 aliphatic heterocycles. The number of aryl methyl sites for hydroxylation is 1. The van der Waals surface area contributed by atoms with Crippen LogP contribution in [0.25, 0.3) is 0 Å². The molecule has 3 heterocycles. The van der Waals surface area contributed by atoms with E-state index in [0.717, 1.165) is 49.3 Å². The second-order valence-electron chi connectivity index (χ2n) is 5.32. The van der Waals surface area contributed by atoms with Crippen molar-refractivity contribution < 1.29 is 9.15 Å². The van der Waals surface area contributed by atoms with Gasteiger partial charge in [-0.15, -0.1) is 0 Å². The largest absolute Gasteiger partial charge is 0.464 e. The highest BCUT2D eigenvalue weighted by atomic mass is 16.5. The maximum Gasteiger partial charge on any atom is 0.128 e. The van der Waals surface area contributed by atoms with Crippen LogP contribution >= 0.6 is 0 Å². The second-order valence-corrected chi connectivity index (χ2v) is 5.32. The molecule has 0 saturated carbocycles. The predicted octanol–water partition coefficient (Wildman–Crippen LogP) is 2.99. The first-order valence-electron chi connectivity index (χ1n) is 7.34. The number of rotatable bonds is 4. The number of furan rings is 1. The van der Waals surface area contributed by atoms with E-state index in [9.17, 15) is 0 Å². The van der Waals surface area contributed by atoms with E-state index in [0.29, 0.717) is 0 Å². The molecule has 1 unspecified atom stereocenters. The number of nitrogens with zero attached hydrogens (tertiary/aromatic N) is 2. The van der Waals surface area contributed by atoms with E-state index in [1.165, 1.54) is 0 Å². The van der Waals surface area contributed by atoms with Gasteiger partial charge in [-0.3, -0.25) is 0 Å². The van der Waals surface area contributed by atoms with Crippen molar-refractivity contribution in [1.29, 1.82) is 0 Å². The molecule has 0 radical (unpaired) electrons. The van der Waals surface area contributed by atoms with Crippen molar-refractivity contribution >= 4 is 11.5 Å². The lowest BCUT2D eigenvalue weighted by atomic mass is 10.2. The van der Waals surface area contributed by atoms with E-state index in [1.807, 2.05) is 31.3 Å². The Morgan fingerprint density at radius 2 is 2.00 bits per heavy atom. The maximum absolute atomic E-state index is 5.63. The molecule has 0 bridgehead atoms. The summed E-state index contributed by atoms with van der Waals surface area (Å²) in [7, 11) is 0. The second kappa shape index (κ2) is 6.18. The summed E-state index contributed by atoms with van der Waals surface area (Å²) in [6, 6.07) is 8.21. The third kappa shape index (κ3) is 3.36. The zero-order valence-electron chi connectivity index (χ0n) is 12.5. The normalized spacial score (nSPS) is 16.8. The molecular formula is C16H21N3O2. The third-order valence-corrected chi connectivity index (χ3v) is 3.65. The monoisotopic (exact) mass is 287 g/mol. The Bertz CT molecular complexity index is 573. The minimum absolute atomic E-state index is 0.120. The van der Waals surface area contributed by atoms with Gasteiger partial charge in [-0.05, 0) is 38.1 Å². The van der Waals surface area contributed by atoms with Gasteiger partial charge in [0.2, 0.25) is 0 Å². The maximum atomic E-state index is 5.63.